The Bertz CT molecular complexity index is 321. The zero-order valence-electron chi connectivity index (χ0n) is 8.64. The number of halogens is 3. The molecule has 0 spiro atoms. The van der Waals surface area contributed by atoms with E-state index in [9.17, 15) is 8.78 Å². The van der Waals surface area contributed by atoms with E-state index in [1.807, 2.05) is 13.8 Å². The van der Waals surface area contributed by atoms with E-state index in [1.54, 1.807) is 18.2 Å². The van der Waals surface area contributed by atoms with E-state index in [0.29, 0.717) is 12.5 Å². The van der Waals surface area contributed by atoms with E-state index in [4.69, 9.17) is 4.74 Å². The monoisotopic (exact) mass is 278 g/mol. The minimum atomic E-state index is -3.04. The second-order valence-electron chi connectivity index (χ2n) is 3.70. The minimum absolute atomic E-state index is 0.134. The average Bonchev–Trinajstić information content (AvgIpc) is 2.13. The number of ether oxygens (including phenoxy) is 1. The van der Waals surface area contributed by atoms with Crippen molar-refractivity contribution in [2.45, 2.75) is 18.7 Å². The molecule has 4 heteroatoms. The van der Waals surface area contributed by atoms with Crippen molar-refractivity contribution in [3.05, 3.63) is 29.8 Å². The van der Waals surface area contributed by atoms with Crippen LogP contribution in [-0.2, 0) is 4.83 Å². The molecule has 0 N–H and O–H groups in total. The smallest absolute Gasteiger partial charge is 0.330 e. The zero-order chi connectivity index (χ0) is 11.5. The van der Waals surface area contributed by atoms with Crippen LogP contribution in [0.4, 0.5) is 8.78 Å². The molecule has 1 nitrogen and oxygen atoms in total. The van der Waals surface area contributed by atoms with Crippen molar-refractivity contribution in [2.24, 2.45) is 5.92 Å². The molecular formula is C11H13BrF2O. The van der Waals surface area contributed by atoms with Gasteiger partial charge in [-0.3, -0.25) is 0 Å². The van der Waals surface area contributed by atoms with Gasteiger partial charge >= 0.3 is 4.83 Å². The summed E-state index contributed by atoms with van der Waals surface area (Å²) >= 11 is 2.33. The van der Waals surface area contributed by atoms with E-state index < -0.39 is 4.83 Å². The molecule has 0 saturated heterocycles. The molecule has 15 heavy (non-hydrogen) atoms. The Labute approximate surface area is 96.6 Å². The number of hydrogen-bond donors (Lipinski definition) is 0. The quantitative estimate of drug-likeness (QED) is 0.752. The third-order valence-electron chi connectivity index (χ3n) is 1.76. The van der Waals surface area contributed by atoms with Crippen LogP contribution in [0.3, 0.4) is 0 Å². The van der Waals surface area contributed by atoms with Crippen LogP contribution in [0.5, 0.6) is 5.75 Å². The van der Waals surface area contributed by atoms with E-state index >= 15 is 0 Å². The Morgan fingerprint density at radius 3 is 2.47 bits per heavy atom. The Morgan fingerprint density at radius 2 is 1.93 bits per heavy atom. The van der Waals surface area contributed by atoms with Crippen molar-refractivity contribution in [3.63, 3.8) is 0 Å². The molecule has 0 aliphatic carbocycles. The van der Waals surface area contributed by atoms with Gasteiger partial charge in [-0.15, -0.1) is 0 Å². The van der Waals surface area contributed by atoms with Crippen molar-refractivity contribution in [2.75, 3.05) is 6.61 Å². The van der Waals surface area contributed by atoms with Crippen LogP contribution in [0.1, 0.15) is 19.4 Å². The Morgan fingerprint density at radius 1 is 1.33 bits per heavy atom. The predicted octanol–water partition coefficient (Wildman–Crippen LogP) is 4.17. The first-order chi connectivity index (χ1) is 6.91. The molecule has 0 bridgehead atoms. The molecular weight excluding hydrogens is 266 g/mol. The number of benzene rings is 1. The lowest BCUT2D eigenvalue weighted by atomic mass is 10.2. The van der Waals surface area contributed by atoms with Crippen LogP contribution in [0.2, 0.25) is 0 Å². The first-order valence-electron chi connectivity index (χ1n) is 4.70. The summed E-state index contributed by atoms with van der Waals surface area (Å²) in [6, 6.07) is 6.14. The second kappa shape index (κ2) is 4.92. The summed E-state index contributed by atoms with van der Waals surface area (Å²) in [4.78, 5) is -3.04. The third-order valence-corrected chi connectivity index (χ3v) is 2.19. The van der Waals surface area contributed by atoms with Gasteiger partial charge in [-0.05, 0) is 34.0 Å². The molecule has 0 saturated carbocycles. The summed E-state index contributed by atoms with van der Waals surface area (Å²) in [5.41, 5.74) is -0.134. The molecule has 1 aromatic carbocycles. The largest absolute Gasteiger partial charge is 0.493 e. The second-order valence-corrected chi connectivity index (χ2v) is 4.69. The Kier molecular flexibility index (Phi) is 4.08. The summed E-state index contributed by atoms with van der Waals surface area (Å²) in [6.45, 7) is 4.36. The van der Waals surface area contributed by atoms with Gasteiger partial charge in [-0.1, -0.05) is 26.0 Å². The topological polar surface area (TPSA) is 9.23 Å². The first-order valence-corrected chi connectivity index (χ1v) is 5.49. The van der Waals surface area contributed by atoms with Crippen LogP contribution >= 0.6 is 15.9 Å². The molecule has 84 valence electrons. The van der Waals surface area contributed by atoms with Gasteiger partial charge < -0.3 is 4.74 Å². The van der Waals surface area contributed by atoms with Crippen LogP contribution in [0, 0.1) is 5.92 Å². The number of para-hydroxylation sites is 1. The molecule has 0 aromatic heterocycles. The van der Waals surface area contributed by atoms with Gasteiger partial charge in [0.05, 0.1) is 12.2 Å². The summed E-state index contributed by atoms with van der Waals surface area (Å²) in [6.07, 6.45) is 0. The molecule has 0 aliphatic rings. The highest BCUT2D eigenvalue weighted by Crippen LogP contribution is 2.39. The Balaban J connectivity index is 2.87. The molecule has 0 radical (unpaired) electrons. The normalized spacial score (nSPS) is 11.9. The SMILES string of the molecule is CC(C)COc1ccccc1C(F)(F)Br. The van der Waals surface area contributed by atoms with Gasteiger partial charge in [0.2, 0.25) is 0 Å². The lowest BCUT2D eigenvalue weighted by Crippen LogP contribution is -2.10. The van der Waals surface area contributed by atoms with Gasteiger partial charge in [0, 0.05) is 0 Å². The summed E-state index contributed by atoms with van der Waals surface area (Å²) in [7, 11) is 0. The van der Waals surface area contributed by atoms with E-state index in [2.05, 4.69) is 15.9 Å². The number of rotatable bonds is 4. The van der Waals surface area contributed by atoms with E-state index in [-0.39, 0.29) is 11.3 Å². The van der Waals surface area contributed by atoms with Crippen LogP contribution < -0.4 is 4.74 Å². The number of alkyl halides is 3. The van der Waals surface area contributed by atoms with Crippen molar-refractivity contribution in [1.29, 1.82) is 0 Å². The molecule has 0 amide bonds. The summed E-state index contributed by atoms with van der Waals surface area (Å²) in [5.74, 6) is 0.537. The van der Waals surface area contributed by atoms with Crippen molar-refractivity contribution < 1.29 is 13.5 Å². The fourth-order valence-corrected chi connectivity index (χ4v) is 1.41. The van der Waals surface area contributed by atoms with Gasteiger partial charge in [0.25, 0.3) is 0 Å². The molecule has 0 unspecified atom stereocenters. The van der Waals surface area contributed by atoms with Crippen molar-refractivity contribution in [3.8, 4) is 5.75 Å². The first kappa shape index (κ1) is 12.4. The van der Waals surface area contributed by atoms with Gasteiger partial charge in [-0.2, -0.15) is 8.78 Å². The summed E-state index contributed by atoms with van der Waals surface area (Å²) in [5, 5.41) is 0. The van der Waals surface area contributed by atoms with Gasteiger partial charge in [0.1, 0.15) is 5.75 Å². The maximum absolute atomic E-state index is 13.1. The molecule has 0 atom stereocenters. The van der Waals surface area contributed by atoms with Crippen LogP contribution in [-0.4, -0.2) is 6.61 Å². The molecule has 1 aromatic rings. The fourth-order valence-electron chi connectivity index (χ4n) is 1.08. The van der Waals surface area contributed by atoms with Crippen LogP contribution in [0.25, 0.3) is 0 Å². The molecule has 1 rings (SSSR count). The molecule has 0 heterocycles. The van der Waals surface area contributed by atoms with Crippen LogP contribution in [0.15, 0.2) is 24.3 Å². The standard InChI is InChI=1S/C11H13BrF2O/c1-8(2)7-15-10-6-4-3-5-9(10)11(12,13)14/h3-6,8H,7H2,1-2H3. The highest BCUT2D eigenvalue weighted by Gasteiger charge is 2.30. The average molecular weight is 279 g/mol. The van der Waals surface area contributed by atoms with E-state index in [1.165, 1.54) is 6.07 Å². The van der Waals surface area contributed by atoms with Crippen molar-refractivity contribution >= 4 is 15.9 Å². The lowest BCUT2D eigenvalue weighted by molar-refractivity contribution is 0.108. The maximum Gasteiger partial charge on any atom is 0.330 e. The number of hydrogen-bond acceptors (Lipinski definition) is 1. The molecule has 0 aliphatic heterocycles. The summed E-state index contributed by atoms with van der Waals surface area (Å²) < 4.78 is 31.5. The maximum atomic E-state index is 13.1. The zero-order valence-corrected chi connectivity index (χ0v) is 10.2. The van der Waals surface area contributed by atoms with Gasteiger partial charge in [-0.25, -0.2) is 0 Å². The lowest BCUT2D eigenvalue weighted by Gasteiger charge is -2.15. The minimum Gasteiger partial charge on any atom is -0.493 e. The highest BCUT2D eigenvalue weighted by atomic mass is 79.9. The third kappa shape index (κ3) is 3.78. The van der Waals surface area contributed by atoms with E-state index in [0.717, 1.165) is 0 Å². The fraction of sp³-hybridized carbons (Fsp3) is 0.455. The van der Waals surface area contributed by atoms with Gasteiger partial charge in [0.15, 0.2) is 0 Å². The predicted molar refractivity (Wildman–Crippen MR) is 59.6 cm³/mol. The highest BCUT2D eigenvalue weighted by molar-refractivity contribution is 9.09. The van der Waals surface area contributed by atoms with Crippen molar-refractivity contribution in [1.82, 2.24) is 0 Å². The molecule has 0 fully saturated rings. The Hall–Kier alpha value is -0.640.